The minimum atomic E-state index is 0.573. The second kappa shape index (κ2) is 1.66. The lowest BCUT2D eigenvalue weighted by Gasteiger charge is -2.21. The maximum atomic E-state index is 2.41. The lowest BCUT2D eigenvalue weighted by Crippen LogP contribution is -2.13. The van der Waals surface area contributed by atoms with Gasteiger partial charge in [0.25, 0.3) is 0 Å². The molecule has 2 rings (SSSR count). The summed E-state index contributed by atoms with van der Waals surface area (Å²) in [5.74, 6) is 0.988. The van der Waals surface area contributed by atoms with Gasteiger partial charge in [-0.1, -0.05) is 25.0 Å². The summed E-state index contributed by atoms with van der Waals surface area (Å²) >= 11 is 0. The number of hydrogen-bond acceptors (Lipinski definition) is 0. The molecule has 2 bridgehead atoms. The third kappa shape index (κ3) is 0.574. The van der Waals surface area contributed by atoms with Gasteiger partial charge in [0.15, 0.2) is 0 Å². The van der Waals surface area contributed by atoms with Crippen molar-refractivity contribution in [2.24, 2.45) is 11.3 Å². The molecule has 2 aliphatic carbocycles. The zero-order valence-corrected chi connectivity index (χ0v) is 7.20. The molecule has 0 spiro atoms. The summed E-state index contributed by atoms with van der Waals surface area (Å²) in [6, 6.07) is 0. The summed E-state index contributed by atoms with van der Waals surface area (Å²) in [5.41, 5.74) is 4.04. The van der Waals surface area contributed by atoms with E-state index in [4.69, 9.17) is 0 Å². The Hall–Kier alpha value is -0.260. The van der Waals surface area contributed by atoms with Crippen LogP contribution in [-0.2, 0) is 0 Å². The molecule has 10 heavy (non-hydrogen) atoms. The molecule has 0 radical (unpaired) electrons. The molecule has 0 saturated heterocycles. The first-order valence-electron chi connectivity index (χ1n) is 4.31. The molecule has 0 aromatic carbocycles. The van der Waals surface area contributed by atoms with E-state index in [0.717, 1.165) is 5.92 Å². The fourth-order valence-electron chi connectivity index (χ4n) is 2.86. The first kappa shape index (κ1) is 6.45. The smallest absolute Gasteiger partial charge is 0.0111 e. The Kier molecular flexibility index (Phi) is 1.07. The SMILES string of the molecule is CC1=C2CCC(C1)C2(C)C. The molecule has 0 aromatic heterocycles. The van der Waals surface area contributed by atoms with Gasteiger partial charge in [-0.05, 0) is 37.5 Å². The van der Waals surface area contributed by atoms with Crippen molar-refractivity contribution in [3.8, 4) is 0 Å². The largest absolute Gasteiger partial charge is 0.0733 e. The van der Waals surface area contributed by atoms with Crippen molar-refractivity contribution in [3.63, 3.8) is 0 Å². The van der Waals surface area contributed by atoms with Gasteiger partial charge in [-0.2, -0.15) is 0 Å². The van der Waals surface area contributed by atoms with Crippen molar-refractivity contribution in [3.05, 3.63) is 11.1 Å². The number of rotatable bonds is 0. The number of hydrogen-bond donors (Lipinski definition) is 0. The van der Waals surface area contributed by atoms with E-state index in [2.05, 4.69) is 20.8 Å². The van der Waals surface area contributed by atoms with Crippen molar-refractivity contribution in [1.29, 1.82) is 0 Å². The average Bonchev–Trinajstić information content (AvgIpc) is 2.20. The van der Waals surface area contributed by atoms with Gasteiger partial charge in [-0.25, -0.2) is 0 Å². The van der Waals surface area contributed by atoms with Crippen molar-refractivity contribution >= 4 is 0 Å². The Morgan fingerprint density at radius 1 is 1.40 bits per heavy atom. The lowest BCUT2D eigenvalue weighted by atomic mass is 9.83. The van der Waals surface area contributed by atoms with Crippen molar-refractivity contribution in [2.45, 2.75) is 40.0 Å². The van der Waals surface area contributed by atoms with Crippen molar-refractivity contribution < 1.29 is 0 Å². The van der Waals surface area contributed by atoms with Gasteiger partial charge in [0.1, 0.15) is 0 Å². The molecule has 1 unspecified atom stereocenters. The van der Waals surface area contributed by atoms with Crippen LogP contribution in [0.5, 0.6) is 0 Å². The molecule has 0 N–H and O–H groups in total. The van der Waals surface area contributed by atoms with Crippen LogP contribution in [0.2, 0.25) is 0 Å². The highest BCUT2D eigenvalue weighted by atomic mass is 14.5. The summed E-state index contributed by atoms with van der Waals surface area (Å²) in [7, 11) is 0. The lowest BCUT2D eigenvalue weighted by molar-refractivity contribution is 0.330. The van der Waals surface area contributed by atoms with Crippen LogP contribution in [-0.4, -0.2) is 0 Å². The minimum absolute atomic E-state index is 0.573. The van der Waals surface area contributed by atoms with E-state index in [9.17, 15) is 0 Å². The molecule has 0 aromatic rings. The Bertz CT molecular complexity index is 196. The van der Waals surface area contributed by atoms with Crippen LogP contribution in [0.25, 0.3) is 0 Å². The second-order valence-corrected chi connectivity index (χ2v) is 4.42. The normalized spacial score (nSPS) is 35.7. The van der Waals surface area contributed by atoms with Crippen LogP contribution in [0.15, 0.2) is 11.1 Å². The topological polar surface area (TPSA) is 0 Å². The van der Waals surface area contributed by atoms with Gasteiger partial charge < -0.3 is 0 Å². The van der Waals surface area contributed by atoms with Gasteiger partial charge in [0.05, 0.1) is 0 Å². The van der Waals surface area contributed by atoms with Crippen LogP contribution in [0.1, 0.15) is 40.0 Å². The van der Waals surface area contributed by atoms with Crippen LogP contribution in [0.4, 0.5) is 0 Å². The van der Waals surface area contributed by atoms with E-state index in [1.807, 2.05) is 0 Å². The standard InChI is InChI=1S/C10H16/c1-7-6-8-4-5-9(7)10(8,2)3/h8H,4-6H2,1-3H3. The fraction of sp³-hybridized carbons (Fsp3) is 0.800. The van der Waals surface area contributed by atoms with Crippen LogP contribution in [0, 0.1) is 11.3 Å². The maximum absolute atomic E-state index is 2.41. The molecule has 0 nitrogen and oxygen atoms in total. The van der Waals surface area contributed by atoms with Gasteiger partial charge >= 0.3 is 0 Å². The molecule has 56 valence electrons. The predicted octanol–water partition coefficient (Wildman–Crippen LogP) is 3.14. The summed E-state index contributed by atoms with van der Waals surface area (Å²) in [6.45, 7) is 7.14. The van der Waals surface area contributed by atoms with Crippen molar-refractivity contribution in [1.82, 2.24) is 0 Å². The summed E-state index contributed by atoms with van der Waals surface area (Å²) in [5, 5.41) is 0. The van der Waals surface area contributed by atoms with Crippen LogP contribution in [0.3, 0.4) is 0 Å². The quantitative estimate of drug-likeness (QED) is 0.449. The highest BCUT2D eigenvalue weighted by Crippen LogP contribution is 2.56. The zero-order valence-electron chi connectivity index (χ0n) is 7.20. The van der Waals surface area contributed by atoms with Gasteiger partial charge in [0, 0.05) is 0 Å². The summed E-state index contributed by atoms with van der Waals surface area (Å²) in [4.78, 5) is 0. The van der Waals surface area contributed by atoms with Crippen molar-refractivity contribution in [2.75, 3.05) is 0 Å². The van der Waals surface area contributed by atoms with E-state index in [1.165, 1.54) is 19.3 Å². The summed E-state index contributed by atoms with van der Waals surface area (Å²) < 4.78 is 0. The Morgan fingerprint density at radius 3 is 2.30 bits per heavy atom. The zero-order chi connectivity index (χ0) is 7.35. The molecule has 1 fully saturated rings. The number of allylic oxidation sites excluding steroid dienone is 2. The molecule has 0 aliphatic heterocycles. The Balaban J connectivity index is 2.45. The van der Waals surface area contributed by atoms with Crippen LogP contribution >= 0.6 is 0 Å². The van der Waals surface area contributed by atoms with E-state index in [0.29, 0.717) is 5.41 Å². The van der Waals surface area contributed by atoms with Gasteiger partial charge in [-0.15, -0.1) is 0 Å². The van der Waals surface area contributed by atoms with E-state index in [-0.39, 0.29) is 0 Å². The van der Waals surface area contributed by atoms with Crippen LogP contribution < -0.4 is 0 Å². The van der Waals surface area contributed by atoms with E-state index < -0.39 is 0 Å². The Morgan fingerprint density at radius 2 is 2.10 bits per heavy atom. The second-order valence-electron chi connectivity index (χ2n) is 4.42. The molecular formula is C10H16. The Labute approximate surface area is 63.3 Å². The molecule has 0 heteroatoms. The molecule has 1 saturated carbocycles. The third-order valence-electron chi connectivity index (χ3n) is 3.61. The fourth-order valence-corrected chi connectivity index (χ4v) is 2.86. The minimum Gasteiger partial charge on any atom is -0.0733 e. The molecule has 0 heterocycles. The summed E-state index contributed by atoms with van der Waals surface area (Å²) in [6.07, 6.45) is 4.24. The molecule has 0 amide bonds. The maximum Gasteiger partial charge on any atom is -0.0111 e. The van der Waals surface area contributed by atoms with E-state index in [1.54, 1.807) is 11.1 Å². The van der Waals surface area contributed by atoms with Gasteiger partial charge in [-0.3, -0.25) is 0 Å². The predicted molar refractivity (Wildman–Crippen MR) is 43.8 cm³/mol. The van der Waals surface area contributed by atoms with Gasteiger partial charge in [0.2, 0.25) is 0 Å². The average molecular weight is 136 g/mol. The highest BCUT2D eigenvalue weighted by molar-refractivity contribution is 5.31. The third-order valence-corrected chi connectivity index (χ3v) is 3.61. The highest BCUT2D eigenvalue weighted by Gasteiger charge is 2.44. The monoisotopic (exact) mass is 136 g/mol. The first-order valence-corrected chi connectivity index (χ1v) is 4.31. The first-order chi connectivity index (χ1) is 4.62. The number of fused-ring (bicyclic) bond motifs is 2. The van der Waals surface area contributed by atoms with E-state index >= 15 is 0 Å². The molecule has 2 aliphatic rings. The molecule has 1 atom stereocenters. The molecular weight excluding hydrogens is 120 g/mol.